The van der Waals surface area contributed by atoms with Crippen molar-refractivity contribution in [2.45, 2.75) is 89.4 Å². The van der Waals surface area contributed by atoms with Crippen molar-refractivity contribution in [1.82, 2.24) is 0 Å². The van der Waals surface area contributed by atoms with Crippen LogP contribution in [-0.2, 0) is 25.6 Å². The summed E-state index contributed by atoms with van der Waals surface area (Å²) < 4.78 is 44.8. The third kappa shape index (κ3) is 6.28. The molecular formula is C26H36F2O4. The lowest BCUT2D eigenvalue weighted by molar-refractivity contribution is -0.173. The van der Waals surface area contributed by atoms with E-state index in [9.17, 15) is 13.6 Å². The second-order valence-electron chi connectivity index (χ2n) is 10.1. The maximum atomic E-state index is 13.9. The van der Waals surface area contributed by atoms with Crippen molar-refractivity contribution in [3.8, 4) is 0 Å². The lowest BCUT2D eigenvalue weighted by Crippen LogP contribution is -2.42. The van der Waals surface area contributed by atoms with Crippen LogP contribution >= 0.6 is 0 Å². The van der Waals surface area contributed by atoms with E-state index in [0.29, 0.717) is 37.2 Å². The molecule has 4 rings (SSSR count). The van der Waals surface area contributed by atoms with E-state index < -0.39 is 5.92 Å². The Morgan fingerprint density at radius 2 is 1.94 bits per heavy atom. The number of halogens is 2. The fourth-order valence-corrected chi connectivity index (χ4v) is 6.15. The number of rotatable bonds is 8. The van der Waals surface area contributed by atoms with Crippen LogP contribution in [0.1, 0.15) is 70.3 Å². The first-order valence-corrected chi connectivity index (χ1v) is 12.2. The minimum Gasteiger partial charge on any atom is -0.462 e. The zero-order chi connectivity index (χ0) is 22.6. The molecule has 6 heteroatoms. The zero-order valence-corrected chi connectivity index (χ0v) is 19.0. The topological polar surface area (TPSA) is 44.8 Å². The lowest BCUT2D eigenvalue weighted by Gasteiger charge is -2.47. The molecule has 0 N–H and O–H groups in total. The second-order valence-corrected chi connectivity index (χ2v) is 10.1. The second kappa shape index (κ2) is 10.6. The Morgan fingerprint density at radius 1 is 1.12 bits per heavy atom. The third-order valence-corrected chi connectivity index (χ3v) is 7.82. The minimum absolute atomic E-state index is 0.0225. The monoisotopic (exact) mass is 450 g/mol. The first-order valence-electron chi connectivity index (χ1n) is 12.2. The molecule has 0 spiro atoms. The number of carbonyl (C=O) groups excluding carboxylic acids is 1. The van der Waals surface area contributed by atoms with E-state index in [4.69, 9.17) is 14.2 Å². The molecule has 0 bridgehead atoms. The molecule has 0 radical (unpaired) electrons. The summed E-state index contributed by atoms with van der Waals surface area (Å²) in [5, 5.41) is 0. The smallest absolute Gasteiger partial charge is 0.308 e. The Balaban J connectivity index is 1.23. The van der Waals surface area contributed by atoms with Crippen molar-refractivity contribution in [2.75, 3.05) is 6.79 Å². The molecule has 1 aliphatic heterocycles. The zero-order valence-electron chi connectivity index (χ0n) is 19.0. The van der Waals surface area contributed by atoms with Crippen LogP contribution < -0.4 is 0 Å². The summed E-state index contributed by atoms with van der Waals surface area (Å²) in [4.78, 5) is 12.1. The van der Waals surface area contributed by atoms with Gasteiger partial charge in [-0.25, -0.2) is 8.78 Å². The largest absolute Gasteiger partial charge is 0.462 e. The van der Waals surface area contributed by atoms with E-state index in [2.05, 4.69) is 6.92 Å². The highest BCUT2D eigenvalue weighted by atomic mass is 19.3. The van der Waals surface area contributed by atoms with E-state index in [1.807, 2.05) is 30.3 Å². The van der Waals surface area contributed by atoms with E-state index in [-0.39, 0.29) is 50.2 Å². The number of hydrogen-bond donors (Lipinski definition) is 0. The van der Waals surface area contributed by atoms with Crippen molar-refractivity contribution >= 4 is 5.97 Å². The first kappa shape index (κ1) is 23.6. The number of alkyl halides is 2. The van der Waals surface area contributed by atoms with Crippen LogP contribution in [0.15, 0.2) is 30.3 Å². The maximum Gasteiger partial charge on any atom is 0.308 e. The lowest BCUT2D eigenvalue weighted by atomic mass is 9.60. The quantitative estimate of drug-likeness (QED) is 0.272. The number of cyclic esters (lactones) is 1. The van der Waals surface area contributed by atoms with Crippen LogP contribution in [0.2, 0.25) is 0 Å². The molecule has 1 aromatic carbocycles. The predicted octanol–water partition coefficient (Wildman–Crippen LogP) is 6.13. The van der Waals surface area contributed by atoms with Crippen LogP contribution in [-0.4, -0.2) is 30.9 Å². The molecule has 4 nitrogen and oxygen atoms in total. The molecular weight excluding hydrogens is 414 g/mol. The van der Waals surface area contributed by atoms with E-state index in [1.54, 1.807) is 0 Å². The normalized spacial score (nSPS) is 34.5. The molecule has 0 aromatic heterocycles. The highest BCUT2D eigenvalue weighted by Gasteiger charge is 2.47. The SMILES string of the molecule is CC1CCC2CC(F)(F)CCC2C1CCC1CC(OCOCc2ccccc2)CC(=O)O1. The first-order chi connectivity index (χ1) is 15.4. The number of ether oxygens (including phenoxy) is 3. The minimum atomic E-state index is -2.49. The van der Waals surface area contributed by atoms with Crippen LogP contribution in [0.5, 0.6) is 0 Å². The van der Waals surface area contributed by atoms with Gasteiger partial charge in [-0.3, -0.25) is 4.79 Å². The van der Waals surface area contributed by atoms with Gasteiger partial charge < -0.3 is 14.2 Å². The van der Waals surface area contributed by atoms with Gasteiger partial charge in [0.15, 0.2) is 0 Å². The number of hydrogen-bond acceptors (Lipinski definition) is 4. The molecule has 32 heavy (non-hydrogen) atoms. The molecule has 3 aliphatic rings. The summed E-state index contributed by atoms with van der Waals surface area (Å²) in [5.41, 5.74) is 1.08. The van der Waals surface area contributed by atoms with Gasteiger partial charge in [0.1, 0.15) is 12.9 Å². The molecule has 6 unspecified atom stereocenters. The number of fused-ring (bicyclic) bond motifs is 1. The highest BCUT2D eigenvalue weighted by molar-refractivity contribution is 5.71. The average Bonchev–Trinajstić information content (AvgIpc) is 2.76. The van der Waals surface area contributed by atoms with Crippen molar-refractivity contribution in [3.05, 3.63) is 35.9 Å². The number of esters is 1. The molecule has 6 atom stereocenters. The summed E-state index contributed by atoms with van der Waals surface area (Å²) in [6, 6.07) is 9.90. The van der Waals surface area contributed by atoms with Gasteiger partial charge in [-0.15, -0.1) is 0 Å². The van der Waals surface area contributed by atoms with Crippen molar-refractivity contribution in [3.63, 3.8) is 0 Å². The third-order valence-electron chi connectivity index (χ3n) is 7.82. The average molecular weight is 451 g/mol. The summed E-state index contributed by atoms with van der Waals surface area (Å²) in [6.07, 6.45) is 4.95. The Labute approximate surface area is 190 Å². The Kier molecular flexibility index (Phi) is 7.83. The van der Waals surface area contributed by atoms with Gasteiger partial charge in [0.05, 0.1) is 19.1 Å². The van der Waals surface area contributed by atoms with Gasteiger partial charge in [-0.2, -0.15) is 0 Å². The molecule has 0 amide bonds. The van der Waals surface area contributed by atoms with E-state index in [1.165, 1.54) is 0 Å². The molecule has 3 fully saturated rings. The van der Waals surface area contributed by atoms with Gasteiger partial charge in [0.2, 0.25) is 5.92 Å². The summed E-state index contributed by atoms with van der Waals surface area (Å²) >= 11 is 0. The standard InChI is InChI=1S/C26H36F2O4/c1-18-7-8-20-15-26(27,28)12-11-24(20)23(18)10-9-21-13-22(14-25(29)32-21)31-17-30-16-19-5-3-2-4-6-19/h2-6,18,20-24H,7-17H2,1H3. The van der Waals surface area contributed by atoms with Gasteiger partial charge in [0, 0.05) is 19.3 Å². The molecule has 1 heterocycles. The van der Waals surface area contributed by atoms with Crippen molar-refractivity contribution < 1.29 is 27.8 Å². The van der Waals surface area contributed by atoms with Crippen molar-refractivity contribution in [2.24, 2.45) is 23.7 Å². The van der Waals surface area contributed by atoms with Crippen LogP contribution in [0.25, 0.3) is 0 Å². The Bertz CT molecular complexity index is 741. The predicted molar refractivity (Wildman–Crippen MR) is 117 cm³/mol. The van der Waals surface area contributed by atoms with Crippen LogP contribution in [0.3, 0.4) is 0 Å². The van der Waals surface area contributed by atoms with Gasteiger partial charge in [-0.05, 0) is 54.9 Å². The molecule has 178 valence electrons. The van der Waals surface area contributed by atoms with Crippen LogP contribution in [0, 0.1) is 23.7 Å². The highest BCUT2D eigenvalue weighted by Crippen LogP contribution is 2.51. The van der Waals surface area contributed by atoms with Crippen LogP contribution in [0.4, 0.5) is 8.78 Å². The number of carbonyl (C=O) groups is 1. The van der Waals surface area contributed by atoms with Gasteiger partial charge in [0.25, 0.3) is 0 Å². The Morgan fingerprint density at radius 3 is 2.75 bits per heavy atom. The number of benzene rings is 1. The molecule has 1 aromatic rings. The summed E-state index contributed by atoms with van der Waals surface area (Å²) in [7, 11) is 0. The fourth-order valence-electron chi connectivity index (χ4n) is 6.15. The van der Waals surface area contributed by atoms with Crippen molar-refractivity contribution in [1.29, 1.82) is 0 Å². The fraction of sp³-hybridized carbons (Fsp3) is 0.731. The molecule has 2 aliphatic carbocycles. The Hall–Kier alpha value is -1.53. The maximum absolute atomic E-state index is 13.9. The van der Waals surface area contributed by atoms with E-state index >= 15 is 0 Å². The molecule has 1 saturated heterocycles. The van der Waals surface area contributed by atoms with Gasteiger partial charge >= 0.3 is 5.97 Å². The molecule has 2 saturated carbocycles. The van der Waals surface area contributed by atoms with E-state index in [0.717, 1.165) is 31.2 Å². The summed E-state index contributed by atoms with van der Waals surface area (Å²) in [5.74, 6) is -1.19. The van der Waals surface area contributed by atoms with Gasteiger partial charge in [-0.1, -0.05) is 43.7 Å². The summed E-state index contributed by atoms with van der Waals surface area (Å²) in [6.45, 7) is 2.89.